The Morgan fingerprint density at radius 3 is 2.95 bits per heavy atom. The summed E-state index contributed by atoms with van der Waals surface area (Å²) in [6.07, 6.45) is 2.75. The predicted octanol–water partition coefficient (Wildman–Crippen LogP) is 0.317. The third-order valence-corrected chi connectivity index (χ3v) is 3.32. The van der Waals surface area contributed by atoms with Gasteiger partial charge in [0.2, 0.25) is 5.91 Å². The fourth-order valence-corrected chi connectivity index (χ4v) is 2.36. The Bertz CT molecular complexity index is 682. The number of carbonyl (C=O) groups is 2. The minimum absolute atomic E-state index is 0.00189. The van der Waals surface area contributed by atoms with Crippen molar-refractivity contribution in [3.63, 3.8) is 0 Å². The highest BCUT2D eigenvalue weighted by Crippen LogP contribution is 2.21. The highest BCUT2D eigenvalue weighted by atomic mass is 16.4. The van der Waals surface area contributed by atoms with Crippen molar-refractivity contribution in [3.05, 3.63) is 30.1 Å². The summed E-state index contributed by atoms with van der Waals surface area (Å²) < 4.78 is 1.49. The van der Waals surface area contributed by atoms with E-state index in [2.05, 4.69) is 20.6 Å². The number of hydrogen-bond acceptors (Lipinski definition) is 5. The maximum Gasteiger partial charge on any atom is 0.358 e. The van der Waals surface area contributed by atoms with E-state index in [0.29, 0.717) is 30.8 Å². The summed E-state index contributed by atoms with van der Waals surface area (Å²) in [4.78, 5) is 26.7. The molecule has 1 aliphatic rings. The van der Waals surface area contributed by atoms with Gasteiger partial charge in [-0.1, -0.05) is 11.3 Å². The van der Waals surface area contributed by atoms with Crippen molar-refractivity contribution in [2.45, 2.75) is 25.4 Å². The third-order valence-electron chi connectivity index (χ3n) is 3.32. The largest absolute Gasteiger partial charge is 0.476 e. The van der Waals surface area contributed by atoms with Crippen LogP contribution in [0.2, 0.25) is 0 Å². The zero-order valence-corrected chi connectivity index (χ0v) is 11.1. The second-order valence-corrected chi connectivity index (χ2v) is 4.79. The molecule has 2 aromatic rings. The van der Waals surface area contributed by atoms with Crippen molar-refractivity contribution < 1.29 is 14.7 Å². The van der Waals surface area contributed by atoms with Crippen molar-refractivity contribution in [2.75, 3.05) is 0 Å². The summed E-state index contributed by atoms with van der Waals surface area (Å²) >= 11 is 0. The van der Waals surface area contributed by atoms with E-state index in [1.807, 2.05) is 0 Å². The lowest BCUT2D eigenvalue weighted by atomic mass is 10.2. The number of pyridine rings is 1. The van der Waals surface area contributed by atoms with Gasteiger partial charge in [0.25, 0.3) is 0 Å². The molecule has 2 aromatic heterocycles. The summed E-state index contributed by atoms with van der Waals surface area (Å²) in [6, 6.07) is 5.15. The van der Waals surface area contributed by atoms with Gasteiger partial charge in [0, 0.05) is 18.7 Å². The lowest BCUT2D eigenvalue weighted by Gasteiger charge is -2.12. The van der Waals surface area contributed by atoms with E-state index in [4.69, 9.17) is 0 Å². The standard InChI is InChI=1S/C13H13N5O3/c19-10-5-4-8(15-10)7-18-12(9-3-1-2-6-14-9)11(13(20)21)16-17-18/h1-3,6,8H,4-5,7H2,(H,15,19)(H,20,21). The molecule has 3 rings (SSSR count). The molecule has 1 saturated heterocycles. The molecule has 8 nitrogen and oxygen atoms in total. The lowest BCUT2D eigenvalue weighted by molar-refractivity contribution is -0.119. The van der Waals surface area contributed by atoms with Gasteiger partial charge >= 0.3 is 5.97 Å². The normalized spacial score (nSPS) is 17.7. The van der Waals surface area contributed by atoms with Crippen LogP contribution in [-0.2, 0) is 11.3 Å². The van der Waals surface area contributed by atoms with E-state index in [-0.39, 0.29) is 17.6 Å². The first-order chi connectivity index (χ1) is 10.1. The molecule has 0 aliphatic carbocycles. The van der Waals surface area contributed by atoms with Crippen LogP contribution in [-0.4, -0.2) is 43.0 Å². The summed E-state index contributed by atoms with van der Waals surface area (Å²) in [5.41, 5.74) is 0.700. The fraction of sp³-hybridized carbons (Fsp3) is 0.308. The van der Waals surface area contributed by atoms with Gasteiger partial charge < -0.3 is 10.4 Å². The minimum Gasteiger partial charge on any atom is -0.476 e. The number of carboxylic acid groups (broad SMARTS) is 1. The van der Waals surface area contributed by atoms with Gasteiger partial charge in [-0.2, -0.15) is 0 Å². The molecule has 2 N–H and O–H groups in total. The van der Waals surface area contributed by atoms with Crippen LogP contribution in [0.5, 0.6) is 0 Å². The third kappa shape index (κ3) is 2.60. The van der Waals surface area contributed by atoms with Gasteiger partial charge in [0.15, 0.2) is 5.69 Å². The number of carbonyl (C=O) groups excluding carboxylic acids is 1. The van der Waals surface area contributed by atoms with Crippen molar-refractivity contribution in [2.24, 2.45) is 0 Å². The Balaban J connectivity index is 1.97. The lowest BCUT2D eigenvalue weighted by Crippen LogP contribution is -2.30. The van der Waals surface area contributed by atoms with Gasteiger partial charge in [0.1, 0.15) is 5.69 Å². The van der Waals surface area contributed by atoms with Crippen molar-refractivity contribution >= 4 is 11.9 Å². The van der Waals surface area contributed by atoms with Gasteiger partial charge in [0.05, 0.1) is 12.2 Å². The molecule has 0 aromatic carbocycles. The molecule has 1 atom stereocenters. The number of aromatic carboxylic acids is 1. The first kappa shape index (κ1) is 13.2. The van der Waals surface area contributed by atoms with E-state index < -0.39 is 5.97 Å². The van der Waals surface area contributed by atoms with Crippen LogP contribution in [0, 0.1) is 0 Å². The number of aromatic nitrogens is 4. The number of rotatable bonds is 4. The summed E-state index contributed by atoms with van der Waals surface area (Å²) in [5, 5.41) is 19.7. The number of amides is 1. The minimum atomic E-state index is -1.16. The molecule has 1 unspecified atom stereocenters. The van der Waals surface area contributed by atoms with Crippen LogP contribution in [0.3, 0.4) is 0 Å². The maximum atomic E-state index is 11.3. The average molecular weight is 287 g/mol. The molecular weight excluding hydrogens is 274 g/mol. The van der Waals surface area contributed by atoms with Gasteiger partial charge in [-0.05, 0) is 18.6 Å². The Kier molecular flexibility index (Phi) is 3.35. The van der Waals surface area contributed by atoms with Crippen LogP contribution < -0.4 is 5.32 Å². The molecule has 108 valence electrons. The van der Waals surface area contributed by atoms with Crippen molar-refractivity contribution in [1.29, 1.82) is 0 Å². The second-order valence-electron chi connectivity index (χ2n) is 4.79. The molecule has 0 spiro atoms. The zero-order chi connectivity index (χ0) is 14.8. The number of nitrogens with one attached hydrogen (secondary N) is 1. The molecule has 21 heavy (non-hydrogen) atoms. The molecule has 0 radical (unpaired) electrons. The topological polar surface area (TPSA) is 110 Å². The van der Waals surface area contributed by atoms with E-state index in [0.717, 1.165) is 0 Å². The average Bonchev–Trinajstić information content (AvgIpc) is 3.07. The Hall–Kier alpha value is -2.77. The molecule has 1 amide bonds. The Morgan fingerprint density at radius 1 is 1.48 bits per heavy atom. The predicted molar refractivity (Wildman–Crippen MR) is 71.4 cm³/mol. The molecular formula is C13H13N5O3. The summed E-state index contributed by atoms with van der Waals surface area (Å²) in [7, 11) is 0. The van der Waals surface area contributed by atoms with Gasteiger partial charge in [-0.15, -0.1) is 5.10 Å². The molecule has 0 bridgehead atoms. The molecule has 1 fully saturated rings. The van der Waals surface area contributed by atoms with Crippen LogP contribution >= 0.6 is 0 Å². The Morgan fingerprint density at radius 2 is 2.33 bits per heavy atom. The van der Waals surface area contributed by atoms with E-state index in [1.54, 1.807) is 24.4 Å². The molecule has 3 heterocycles. The van der Waals surface area contributed by atoms with E-state index in [1.165, 1.54) is 4.68 Å². The van der Waals surface area contributed by atoms with Gasteiger partial charge in [-0.3, -0.25) is 9.78 Å². The quantitative estimate of drug-likeness (QED) is 0.837. The number of carboxylic acids is 1. The first-order valence-corrected chi connectivity index (χ1v) is 6.52. The molecule has 8 heteroatoms. The van der Waals surface area contributed by atoms with E-state index in [9.17, 15) is 14.7 Å². The smallest absolute Gasteiger partial charge is 0.358 e. The van der Waals surface area contributed by atoms with Crippen LogP contribution in [0.15, 0.2) is 24.4 Å². The highest BCUT2D eigenvalue weighted by molar-refractivity contribution is 5.92. The summed E-state index contributed by atoms with van der Waals surface area (Å²) in [6.45, 7) is 0.373. The zero-order valence-electron chi connectivity index (χ0n) is 11.1. The molecule has 1 aliphatic heterocycles. The first-order valence-electron chi connectivity index (χ1n) is 6.52. The van der Waals surface area contributed by atoms with Crippen LogP contribution in [0.1, 0.15) is 23.3 Å². The van der Waals surface area contributed by atoms with Crippen molar-refractivity contribution in [3.8, 4) is 11.4 Å². The molecule has 0 saturated carbocycles. The highest BCUT2D eigenvalue weighted by Gasteiger charge is 2.26. The SMILES string of the molecule is O=C1CCC(Cn2nnc(C(=O)O)c2-c2ccccn2)N1. The van der Waals surface area contributed by atoms with E-state index >= 15 is 0 Å². The summed E-state index contributed by atoms with van der Waals surface area (Å²) in [5.74, 6) is -1.16. The monoisotopic (exact) mass is 287 g/mol. The van der Waals surface area contributed by atoms with Crippen LogP contribution in [0.4, 0.5) is 0 Å². The van der Waals surface area contributed by atoms with Crippen LogP contribution in [0.25, 0.3) is 11.4 Å². The van der Waals surface area contributed by atoms with Crippen molar-refractivity contribution in [1.82, 2.24) is 25.3 Å². The number of hydrogen-bond donors (Lipinski definition) is 2. The Labute approximate surface area is 119 Å². The number of nitrogens with zero attached hydrogens (tertiary/aromatic N) is 4. The fourth-order valence-electron chi connectivity index (χ4n) is 2.36. The van der Waals surface area contributed by atoms with Gasteiger partial charge in [-0.25, -0.2) is 9.48 Å². The second kappa shape index (κ2) is 5.31. The maximum absolute atomic E-state index is 11.3.